The van der Waals surface area contributed by atoms with Gasteiger partial charge in [0.2, 0.25) is 0 Å². The van der Waals surface area contributed by atoms with Crippen molar-refractivity contribution in [1.82, 2.24) is 9.97 Å². The monoisotopic (exact) mass is 272 g/mol. The van der Waals surface area contributed by atoms with Crippen LogP contribution in [-0.4, -0.2) is 9.97 Å². The number of rotatable bonds is 4. The second kappa shape index (κ2) is 5.30. The number of halogens is 1. The number of alkyl halides is 1. The lowest BCUT2D eigenvalue weighted by Gasteiger charge is -2.08. The minimum absolute atomic E-state index is 0.510. The summed E-state index contributed by atoms with van der Waals surface area (Å²) in [5.74, 6) is 2.04. The van der Waals surface area contributed by atoms with Crippen molar-refractivity contribution in [3.63, 3.8) is 0 Å². The molecule has 1 aromatic carbocycles. The molecule has 0 radical (unpaired) electrons. The molecule has 2 aromatic rings. The lowest BCUT2D eigenvalue weighted by molar-refractivity contribution is 0.875. The van der Waals surface area contributed by atoms with E-state index in [1.165, 1.54) is 29.7 Å². The first kappa shape index (κ1) is 12.6. The van der Waals surface area contributed by atoms with Crippen molar-refractivity contribution in [2.75, 3.05) is 0 Å². The molecule has 0 aliphatic heterocycles. The standard InChI is InChI=1S/C16H17ClN2/c1-11-4-2-3-5-13(11)8-15-18-10-14(9-17)16(19-15)12-6-7-12/h2-5,10,12H,6-9H2,1H3. The van der Waals surface area contributed by atoms with Crippen molar-refractivity contribution in [1.29, 1.82) is 0 Å². The fourth-order valence-electron chi connectivity index (χ4n) is 2.34. The molecule has 0 saturated heterocycles. The van der Waals surface area contributed by atoms with Gasteiger partial charge in [0.15, 0.2) is 0 Å². The summed E-state index contributed by atoms with van der Waals surface area (Å²) < 4.78 is 0. The van der Waals surface area contributed by atoms with E-state index in [1.807, 2.05) is 6.20 Å². The highest BCUT2D eigenvalue weighted by molar-refractivity contribution is 6.17. The quantitative estimate of drug-likeness (QED) is 0.787. The van der Waals surface area contributed by atoms with Gasteiger partial charge in [-0.3, -0.25) is 0 Å². The van der Waals surface area contributed by atoms with E-state index >= 15 is 0 Å². The number of hydrogen-bond donors (Lipinski definition) is 0. The van der Waals surface area contributed by atoms with Crippen LogP contribution in [0.25, 0.3) is 0 Å². The minimum Gasteiger partial charge on any atom is -0.241 e. The Hall–Kier alpha value is -1.41. The molecule has 1 aliphatic carbocycles. The van der Waals surface area contributed by atoms with Crippen molar-refractivity contribution in [3.05, 3.63) is 58.7 Å². The van der Waals surface area contributed by atoms with E-state index < -0.39 is 0 Å². The van der Waals surface area contributed by atoms with Gasteiger partial charge in [0, 0.05) is 24.1 Å². The molecule has 1 saturated carbocycles. The van der Waals surface area contributed by atoms with Crippen molar-refractivity contribution < 1.29 is 0 Å². The van der Waals surface area contributed by atoms with Crippen LogP contribution < -0.4 is 0 Å². The molecule has 98 valence electrons. The third-order valence-electron chi connectivity index (χ3n) is 3.67. The molecule has 0 N–H and O–H groups in total. The van der Waals surface area contributed by atoms with Crippen molar-refractivity contribution in [2.45, 2.75) is 38.0 Å². The molecule has 0 atom stereocenters. The average molecular weight is 273 g/mol. The number of aryl methyl sites for hydroxylation is 1. The van der Waals surface area contributed by atoms with E-state index in [0.29, 0.717) is 11.8 Å². The zero-order valence-corrected chi connectivity index (χ0v) is 11.8. The SMILES string of the molecule is Cc1ccccc1Cc1ncc(CCl)c(C2CC2)n1. The fourth-order valence-corrected chi connectivity index (χ4v) is 2.54. The largest absolute Gasteiger partial charge is 0.241 e. The van der Waals surface area contributed by atoms with Crippen LogP contribution in [0.2, 0.25) is 0 Å². The molecule has 1 aliphatic rings. The van der Waals surface area contributed by atoms with Gasteiger partial charge in [-0.1, -0.05) is 24.3 Å². The fraction of sp³-hybridized carbons (Fsp3) is 0.375. The van der Waals surface area contributed by atoms with Crippen LogP contribution in [0.5, 0.6) is 0 Å². The Bertz CT molecular complexity index is 591. The number of hydrogen-bond acceptors (Lipinski definition) is 2. The highest BCUT2D eigenvalue weighted by Gasteiger charge is 2.27. The lowest BCUT2D eigenvalue weighted by Crippen LogP contribution is -2.04. The number of nitrogens with zero attached hydrogens (tertiary/aromatic N) is 2. The van der Waals surface area contributed by atoms with Gasteiger partial charge in [-0.05, 0) is 30.9 Å². The summed E-state index contributed by atoms with van der Waals surface area (Å²) in [4.78, 5) is 9.21. The number of aromatic nitrogens is 2. The van der Waals surface area contributed by atoms with Gasteiger partial charge in [-0.25, -0.2) is 9.97 Å². The lowest BCUT2D eigenvalue weighted by atomic mass is 10.1. The Morgan fingerprint density at radius 3 is 2.68 bits per heavy atom. The molecule has 2 nitrogen and oxygen atoms in total. The first-order valence-corrected chi connectivity index (χ1v) is 7.26. The normalized spacial score (nSPS) is 14.6. The maximum atomic E-state index is 5.96. The number of benzene rings is 1. The van der Waals surface area contributed by atoms with Gasteiger partial charge in [0.05, 0.1) is 11.6 Å². The van der Waals surface area contributed by atoms with Gasteiger partial charge in [-0.15, -0.1) is 11.6 Å². The maximum Gasteiger partial charge on any atom is 0.132 e. The van der Waals surface area contributed by atoms with E-state index in [2.05, 4.69) is 36.2 Å². The highest BCUT2D eigenvalue weighted by atomic mass is 35.5. The molecule has 3 heteroatoms. The van der Waals surface area contributed by atoms with Gasteiger partial charge >= 0.3 is 0 Å². The summed E-state index contributed by atoms with van der Waals surface area (Å²) >= 11 is 5.96. The third kappa shape index (κ3) is 2.79. The van der Waals surface area contributed by atoms with Gasteiger partial charge in [-0.2, -0.15) is 0 Å². The molecule has 1 aromatic heterocycles. The van der Waals surface area contributed by atoms with E-state index in [9.17, 15) is 0 Å². The Labute approximate surface area is 118 Å². The summed E-state index contributed by atoms with van der Waals surface area (Å²) in [5.41, 5.74) is 4.86. The van der Waals surface area contributed by atoms with Crippen LogP contribution in [-0.2, 0) is 12.3 Å². The zero-order chi connectivity index (χ0) is 13.2. The Kier molecular flexibility index (Phi) is 3.52. The maximum absolute atomic E-state index is 5.96. The Morgan fingerprint density at radius 1 is 1.21 bits per heavy atom. The Morgan fingerprint density at radius 2 is 2.00 bits per heavy atom. The van der Waals surface area contributed by atoms with Gasteiger partial charge in [0.25, 0.3) is 0 Å². The van der Waals surface area contributed by atoms with E-state index in [1.54, 1.807) is 0 Å². The summed E-state index contributed by atoms with van der Waals surface area (Å²) in [6.07, 6.45) is 5.19. The van der Waals surface area contributed by atoms with Crippen LogP contribution in [0.3, 0.4) is 0 Å². The molecular formula is C16H17ClN2. The van der Waals surface area contributed by atoms with Crippen LogP contribution in [0.15, 0.2) is 30.5 Å². The van der Waals surface area contributed by atoms with Crippen molar-refractivity contribution in [2.24, 2.45) is 0 Å². The van der Waals surface area contributed by atoms with Crippen molar-refractivity contribution in [3.8, 4) is 0 Å². The summed E-state index contributed by atoms with van der Waals surface area (Å²) in [6, 6.07) is 8.40. The zero-order valence-electron chi connectivity index (χ0n) is 11.1. The van der Waals surface area contributed by atoms with Crippen LogP contribution in [0, 0.1) is 6.92 Å². The third-order valence-corrected chi connectivity index (χ3v) is 3.95. The van der Waals surface area contributed by atoms with Crippen LogP contribution in [0.1, 0.15) is 47.0 Å². The molecule has 1 heterocycles. The summed E-state index contributed by atoms with van der Waals surface area (Å²) in [6.45, 7) is 2.13. The molecule has 0 bridgehead atoms. The summed E-state index contributed by atoms with van der Waals surface area (Å²) in [7, 11) is 0. The smallest absolute Gasteiger partial charge is 0.132 e. The van der Waals surface area contributed by atoms with Crippen molar-refractivity contribution >= 4 is 11.6 Å². The highest BCUT2D eigenvalue weighted by Crippen LogP contribution is 2.40. The molecule has 19 heavy (non-hydrogen) atoms. The molecule has 0 unspecified atom stereocenters. The predicted octanol–water partition coefficient (Wildman–Crippen LogP) is 3.99. The predicted molar refractivity (Wildman–Crippen MR) is 77.5 cm³/mol. The van der Waals surface area contributed by atoms with E-state index in [0.717, 1.165) is 17.8 Å². The first-order valence-electron chi connectivity index (χ1n) is 6.73. The molecule has 0 spiro atoms. The first-order chi connectivity index (χ1) is 9.28. The van der Waals surface area contributed by atoms with Gasteiger partial charge in [0.1, 0.15) is 5.82 Å². The van der Waals surface area contributed by atoms with Crippen LogP contribution >= 0.6 is 11.6 Å². The molecule has 3 rings (SSSR count). The second-order valence-corrected chi connectivity index (χ2v) is 5.48. The van der Waals surface area contributed by atoms with E-state index in [-0.39, 0.29) is 0 Å². The van der Waals surface area contributed by atoms with Crippen LogP contribution in [0.4, 0.5) is 0 Å². The van der Waals surface area contributed by atoms with Gasteiger partial charge < -0.3 is 0 Å². The molecule has 0 amide bonds. The summed E-state index contributed by atoms with van der Waals surface area (Å²) in [5, 5.41) is 0. The average Bonchev–Trinajstić information content (AvgIpc) is 3.26. The minimum atomic E-state index is 0.510. The molecule has 1 fully saturated rings. The molecular weight excluding hydrogens is 256 g/mol. The second-order valence-electron chi connectivity index (χ2n) is 5.21. The topological polar surface area (TPSA) is 25.8 Å². The van der Waals surface area contributed by atoms with E-state index in [4.69, 9.17) is 16.6 Å². The Balaban J connectivity index is 1.89.